The molecule has 4 aromatic rings. The first-order valence-electron chi connectivity index (χ1n) is 14.0. The number of pyridine rings is 1. The average molecular weight is 560 g/mol. The highest BCUT2D eigenvalue weighted by Gasteiger charge is 2.27. The van der Waals surface area contributed by atoms with Gasteiger partial charge in [0.1, 0.15) is 16.9 Å². The van der Waals surface area contributed by atoms with E-state index in [0.29, 0.717) is 24.2 Å². The highest BCUT2D eigenvalue weighted by molar-refractivity contribution is 7.98. The van der Waals surface area contributed by atoms with Crippen LogP contribution in [0.4, 0.5) is 0 Å². The number of imidazole rings is 1. The van der Waals surface area contributed by atoms with Crippen molar-refractivity contribution in [2.24, 2.45) is 4.99 Å². The number of thioether (sulfide) groups is 1. The number of para-hydroxylation sites is 2. The summed E-state index contributed by atoms with van der Waals surface area (Å²) in [5.41, 5.74) is 7.47. The second-order valence-corrected chi connectivity index (χ2v) is 11.3. The molecule has 0 saturated heterocycles. The van der Waals surface area contributed by atoms with Crippen LogP contribution in [0.5, 0.6) is 0 Å². The lowest BCUT2D eigenvalue weighted by Crippen LogP contribution is -2.37. The highest BCUT2D eigenvalue weighted by Crippen LogP contribution is 2.29. The Labute approximate surface area is 245 Å². The maximum absolute atomic E-state index is 9.23. The van der Waals surface area contributed by atoms with Gasteiger partial charge in [0.05, 0.1) is 34.9 Å². The first kappa shape index (κ1) is 27.2. The van der Waals surface area contributed by atoms with Crippen molar-refractivity contribution in [3.05, 3.63) is 113 Å². The molecule has 2 aromatic carbocycles. The number of aromatic amines is 1. The molecule has 2 unspecified atom stereocenters. The summed E-state index contributed by atoms with van der Waals surface area (Å²) in [7, 11) is 0. The molecule has 0 saturated carbocycles. The van der Waals surface area contributed by atoms with E-state index in [-0.39, 0.29) is 0 Å². The van der Waals surface area contributed by atoms with E-state index >= 15 is 0 Å². The summed E-state index contributed by atoms with van der Waals surface area (Å²) in [5.74, 6) is 0.991. The first-order valence-corrected chi connectivity index (χ1v) is 15.2. The summed E-state index contributed by atoms with van der Waals surface area (Å²) in [6.45, 7) is 2.99. The van der Waals surface area contributed by atoms with E-state index < -0.39 is 0 Å². The third kappa shape index (κ3) is 6.49. The molecule has 0 radical (unpaired) electrons. The van der Waals surface area contributed by atoms with E-state index in [1.807, 2.05) is 42.8 Å². The second kappa shape index (κ2) is 12.6. The van der Waals surface area contributed by atoms with Gasteiger partial charge in [0, 0.05) is 31.9 Å². The molecule has 6 rings (SSSR count). The van der Waals surface area contributed by atoms with Crippen LogP contribution in [0.3, 0.4) is 0 Å². The zero-order chi connectivity index (χ0) is 28.0. The summed E-state index contributed by atoms with van der Waals surface area (Å²) in [6.07, 6.45) is 12.7. The van der Waals surface area contributed by atoms with E-state index in [9.17, 15) is 5.26 Å². The lowest BCUT2D eigenvalue weighted by atomic mass is 9.89. The Morgan fingerprint density at radius 3 is 2.68 bits per heavy atom. The number of nitriles is 1. The Bertz CT molecular complexity index is 1610. The molecule has 3 heterocycles. The quantitative estimate of drug-likeness (QED) is 0.234. The van der Waals surface area contributed by atoms with Gasteiger partial charge in [0.25, 0.3) is 0 Å². The van der Waals surface area contributed by atoms with Crippen molar-refractivity contribution >= 4 is 29.0 Å². The van der Waals surface area contributed by atoms with Crippen molar-refractivity contribution in [2.75, 3.05) is 6.26 Å². The van der Waals surface area contributed by atoms with Gasteiger partial charge in [-0.3, -0.25) is 9.89 Å². The molecule has 1 aliphatic heterocycles. The van der Waals surface area contributed by atoms with Gasteiger partial charge in [-0.05, 0) is 66.1 Å². The first-order chi connectivity index (χ1) is 20.2. The Morgan fingerprint density at radius 2 is 1.85 bits per heavy atom. The van der Waals surface area contributed by atoms with Crippen LogP contribution in [-0.2, 0) is 26.2 Å². The third-order valence-electron chi connectivity index (χ3n) is 7.68. The summed E-state index contributed by atoms with van der Waals surface area (Å²) < 4.78 is 0. The Morgan fingerprint density at radius 1 is 1.00 bits per heavy atom. The van der Waals surface area contributed by atoms with Gasteiger partial charge < -0.3 is 10.3 Å². The number of dihydropyridines is 1. The Hall–Kier alpha value is -4.03. The predicted molar refractivity (Wildman–Crippen MR) is 166 cm³/mol. The van der Waals surface area contributed by atoms with Crippen molar-refractivity contribution in [2.45, 2.75) is 56.1 Å². The molecule has 2 aromatic heterocycles. The normalized spacial score (nSPS) is 17.9. The predicted octanol–water partition coefficient (Wildman–Crippen LogP) is 5.94. The standard InChI is InChI=1S/C33H33N7S/c1-41-33-26(18-34)12-13-27(37-33)20-35-19-23-8-10-24(11-9-23)21-40(22-32-38-30-6-2-3-7-31(30)39-32)28-14-15-29-25(17-28)5-4-16-36-29/h2-13,16-17,28-29,35H,14-15,19-22H2,1H3,(H,38,39). The topological polar surface area (TPSA) is 93.0 Å². The number of aliphatic imine (C=N–C) groups is 1. The van der Waals surface area contributed by atoms with Crippen molar-refractivity contribution in [1.29, 1.82) is 5.26 Å². The van der Waals surface area contributed by atoms with Gasteiger partial charge >= 0.3 is 0 Å². The second-order valence-electron chi connectivity index (χ2n) is 10.5. The van der Waals surface area contributed by atoms with Crippen molar-refractivity contribution in [1.82, 2.24) is 25.2 Å². The molecule has 2 aliphatic rings. The molecule has 41 heavy (non-hydrogen) atoms. The van der Waals surface area contributed by atoms with Crippen LogP contribution in [-0.4, -0.2) is 44.4 Å². The minimum absolute atomic E-state index is 0.294. The van der Waals surface area contributed by atoms with Crippen LogP contribution in [0.25, 0.3) is 11.0 Å². The van der Waals surface area contributed by atoms with E-state index in [1.165, 1.54) is 28.5 Å². The highest BCUT2D eigenvalue weighted by atomic mass is 32.2. The number of nitrogens with zero attached hydrogens (tertiary/aromatic N) is 5. The fraction of sp³-hybridized carbons (Fsp3) is 0.273. The monoisotopic (exact) mass is 559 g/mol. The number of nitrogens with one attached hydrogen (secondary N) is 2. The number of rotatable bonds is 10. The summed E-state index contributed by atoms with van der Waals surface area (Å²) >= 11 is 1.50. The lowest BCUT2D eigenvalue weighted by molar-refractivity contribution is 0.188. The van der Waals surface area contributed by atoms with Crippen molar-refractivity contribution < 1.29 is 0 Å². The molecule has 0 fully saturated rings. The Balaban J connectivity index is 1.13. The molecule has 2 N–H and O–H groups in total. The molecule has 0 bridgehead atoms. The van der Waals surface area contributed by atoms with Crippen molar-refractivity contribution in [3.8, 4) is 6.07 Å². The minimum Gasteiger partial charge on any atom is -0.341 e. The van der Waals surface area contributed by atoms with E-state index in [4.69, 9.17) is 4.98 Å². The van der Waals surface area contributed by atoms with Gasteiger partial charge in [-0.25, -0.2) is 9.97 Å². The number of allylic oxidation sites excluding steroid dienone is 1. The molecule has 0 amide bonds. The zero-order valence-corrected chi connectivity index (χ0v) is 23.9. The lowest BCUT2D eigenvalue weighted by Gasteiger charge is -2.34. The zero-order valence-electron chi connectivity index (χ0n) is 23.1. The van der Waals surface area contributed by atoms with Gasteiger partial charge in [0.2, 0.25) is 0 Å². The van der Waals surface area contributed by atoms with Crippen LogP contribution in [0.2, 0.25) is 0 Å². The summed E-state index contributed by atoms with van der Waals surface area (Å²) in [4.78, 5) is 20.2. The largest absolute Gasteiger partial charge is 0.341 e. The maximum Gasteiger partial charge on any atom is 0.121 e. The van der Waals surface area contributed by atoms with E-state index in [0.717, 1.165) is 60.1 Å². The van der Waals surface area contributed by atoms with Crippen LogP contribution in [0.15, 0.2) is 94.5 Å². The summed E-state index contributed by atoms with van der Waals surface area (Å²) in [6, 6.07) is 23.7. The van der Waals surface area contributed by atoms with E-state index in [1.54, 1.807) is 0 Å². The van der Waals surface area contributed by atoms with Gasteiger partial charge in [-0.2, -0.15) is 5.26 Å². The van der Waals surface area contributed by atoms with Crippen molar-refractivity contribution in [3.63, 3.8) is 0 Å². The number of H-pyrrole nitrogens is 1. The smallest absolute Gasteiger partial charge is 0.121 e. The van der Waals surface area contributed by atoms with Gasteiger partial charge in [-0.1, -0.05) is 48.6 Å². The molecule has 206 valence electrons. The van der Waals surface area contributed by atoms with Crippen LogP contribution in [0, 0.1) is 11.3 Å². The number of aromatic nitrogens is 3. The Kier molecular flexibility index (Phi) is 8.38. The fourth-order valence-corrected chi connectivity index (χ4v) is 6.09. The summed E-state index contributed by atoms with van der Waals surface area (Å²) in [5, 5.41) is 13.5. The molecule has 8 heteroatoms. The SMILES string of the molecule is CSc1nc(CNCc2ccc(CN(Cc3nc4ccccc4[nH]3)C3C=C4C=CC=NC4CC3)cc2)ccc1C#N. The number of hydrogen-bond donors (Lipinski definition) is 2. The molecular weight excluding hydrogens is 526 g/mol. The molecular formula is C33H33N7S. The van der Waals surface area contributed by atoms with Crippen LogP contribution >= 0.6 is 11.8 Å². The third-order valence-corrected chi connectivity index (χ3v) is 8.38. The van der Waals surface area contributed by atoms with Crippen LogP contribution in [0.1, 0.15) is 41.1 Å². The average Bonchev–Trinajstić information content (AvgIpc) is 3.44. The molecule has 2 atom stereocenters. The van der Waals surface area contributed by atoms with Gasteiger partial charge in [0.15, 0.2) is 0 Å². The molecule has 0 spiro atoms. The number of benzene rings is 2. The van der Waals surface area contributed by atoms with E-state index in [2.05, 4.69) is 79.8 Å². The molecule has 7 nitrogen and oxygen atoms in total. The van der Waals surface area contributed by atoms with Gasteiger partial charge in [-0.15, -0.1) is 11.8 Å². The minimum atomic E-state index is 0.294. The molecule has 1 aliphatic carbocycles. The number of hydrogen-bond acceptors (Lipinski definition) is 7. The van der Waals surface area contributed by atoms with Crippen LogP contribution < -0.4 is 5.32 Å². The maximum atomic E-state index is 9.23. The number of fused-ring (bicyclic) bond motifs is 2. The fourth-order valence-electron chi connectivity index (χ4n) is 5.55.